The molecule has 15 rings (SSSR count). The number of rotatable bonds is 7. The molecule has 0 amide bonds. The lowest BCUT2D eigenvalue weighted by atomic mass is 9.81. The first-order chi connectivity index (χ1) is 38.5. The number of benzene rings is 10. The largest absolute Gasteiger partial charge is 0.455 e. The third-order valence-electron chi connectivity index (χ3n) is 16.8. The average molecular weight is 1290 g/mol. The third kappa shape index (κ3) is 7.48. The SMILES string of the molecule is CC(C)(C)c1ccc(N(c2ccc3c(c2)oc2c(I)cccc23)c2cc3c(c4oc5ccccc5c24)-c2c(cc(N(c4ccc(C(C)(C)C)cc4)c4ccc5c(c4)oc4c(SI)cccc45)c4c2oc2ccccc24)C3(C)C)cc1. The van der Waals surface area contributed by atoms with Crippen LogP contribution in [-0.2, 0) is 16.2 Å². The Kier molecular flexibility index (Phi) is 11.2. The van der Waals surface area contributed by atoms with Gasteiger partial charge < -0.3 is 27.5 Å². The Morgan fingerprint density at radius 1 is 0.400 bits per heavy atom. The second kappa shape index (κ2) is 17.9. The molecule has 4 heterocycles. The molecule has 0 atom stereocenters. The summed E-state index contributed by atoms with van der Waals surface area (Å²) in [6.45, 7) is 18.3. The molecule has 4 aromatic heterocycles. The van der Waals surface area contributed by atoms with Crippen molar-refractivity contribution in [3.05, 3.63) is 208 Å². The first-order valence-corrected chi connectivity index (χ1v) is 31.6. The van der Waals surface area contributed by atoms with E-state index in [9.17, 15) is 0 Å². The van der Waals surface area contributed by atoms with Gasteiger partial charge in [-0.05, 0) is 150 Å². The van der Waals surface area contributed by atoms with E-state index < -0.39 is 5.41 Å². The van der Waals surface area contributed by atoms with Gasteiger partial charge in [-0.1, -0.05) is 140 Å². The summed E-state index contributed by atoms with van der Waals surface area (Å²) in [5.41, 5.74) is 19.1. The zero-order valence-corrected chi connectivity index (χ0v) is 50.6. The second-order valence-electron chi connectivity index (χ2n) is 24.0. The Balaban J connectivity index is 1.02. The maximum Gasteiger partial charge on any atom is 0.149 e. The molecule has 0 radical (unpaired) electrons. The number of anilines is 6. The van der Waals surface area contributed by atoms with E-state index in [2.05, 4.69) is 291 Å². The second-order valence-corrected chi connectivity index (χ2v) is 27.1. The normalized spacial score (nSPS) is 13.5. The van der Waals surface area contributed by atoms with Crippen LogP contribution in [0.4, 0.5) is 34.1 Å². The Labute approximate surface area is 493 Å². The number of halogens is 2. The van der Waals surface area contributed by atoms with Gasteiger partial charge in [-0.2, -0.15) is 0 Å². The number of nitrogens with zero attached hydrogens (tertiary/aromatic N) is 2. The van der Waals surface area contributed by atoms with Gasteiger partial charge in [-0.3, -0.25) is 0 Å². The zero-order valence-electron chi connectivity index (χ0n) is 45.5. The summed E-state index contributed by atoms with van der Waals surface area (Å²) >= 11 is 4.73. The molecule has 0 N–H and O–H groups in total. The lowest BCUT2D eigenvalue weighted by Gasteiger charge is -2.30. The highest BCUT2D eigenvalue weighted by atomic mass is 127. The molecule has 1 aliphatic carbocycles. The molecule has 6 nitrogen and oxygen atoms in total. The van der Waals surface area contributed by atoms with E-state index in [4.69, 9.17) is 17.7 Å². The quantitative estimate of drug-likeness (QED) is 0.147. The van der Waals surface area contributed by atoms with Crippen molar-refractivity contribution in [2.45, 2.75) is 76.5 Å². The molecule has 0 spiro atoms. The highest BCUT2D eigenvalue weighted by molar-refractivity contribution is 14.2. The summed E-state index contributed by atoms with van der Waals surface area (Å²) in [6, 6.07) is 66.2. The van der Waals surface area contributed by atoms with Gasteiger partial charge in [-0.15, -0.1) is 0 Å². The maximum absolute atomic E-state index is 7.35. The Morgan fingerprint density at radius 2 is 0.812 bits per heavy atom. The average Bonchev–Trinajstić information content (AvgIpc) is 4.40. The molecule has 10 aromatic carbocycles. The Hall–Kier alpha value is -7.19. The van der Waals surface area contributed by atoms with Gasteiger partial charge in [0.25, 0.3) is 0 Å². The predicted molar refractivity (Wildman–Crippen MR) is 352 cm³/mol. The minimum absolute atomic E-state index is 0.0325. The minimum Gasteiger partial charge on any atom is -0.455 e. The van der Waals surface area contributed by atoms with E-state index in [0.717, 1.165) is 153 Å². The molecular weight excluding hydrogens is 1230 g/mol. The first-order valence-electron chi connectivity index (χ1n) is 27.2. The molecular formula is C71H54I2N2O4S. The predicted octanol–water partition coefficient (Wildman–Crippen LogP) is 23.2. The zero-order chi connectivity index (χ0) is 54.7. The van der Waals surface area contributed by atoms with Crippen LogP contribution in [0.3, 0.4) is 0 Å². The summed E-state index contributed by atoms with van der Waals surface area (Å²) in [4.78, 5) is 5.93. The summed E-state index contributed by atoms with van der Waals surface area (Å²) in [6.07, 6.45) is 0. The molecule has 14 aromatic rings. The van der Waals surface area contributed by atoms with Gasteiger partial charge in [0.15, 0.2) is 0 Å². The van der Waals surface area contributed by atoms with E-state index in [1.165, 1.54) is 11.1 Å². The van der Waals surface area contributed by atoms with Crippen LogP contribution in [-0.4, -0.2) is 0 Å². The van der Waals surface area contributed by atoms with Crippen molar-refractivity contribution in [3.63, 3.8) is 0 Å². The van der Waals surface area contributed by atoms with Crippen LogP contribution < -0.4 is 9.80 Å². The fourth-order valence-electron chi connectivity index (χ4n) is 12.7. The van der Waals surface area contributed by atoms with Crippen molar-refractivity contribution in [2.75, 3.05) is 9.80 Å². The number of furan rings is 4. The first kappa shape index (κ1) is 49.8. The fraction of sp³-hybridized carbons (Fsp3) is 0.155. The topological polar surface area (TPSA) is 59.0 Å². The summed E-state index contributed by atoms with van der Waals surface area (Å²) in [5.74, 6) is 0. The fourth-order valence-corrected chi connectivity index (χ4v) is 14.7. The molecule has 9 heteroatoms. The molecule has 0 aliphatic heterocycles. The van der Waals surface area contributed by atoms with Gasteiger partial charge in [-0.25, -0.2) is 0 Å². The smallest absolute Gasteiger partial charge is 0.149 e. The van der Waals surface area contributed by atoms with Crippen LogP contribution in [0.15, 0.2) is 205 Å². The van der Waals surface area contributed by atoms with Gasteiger partial charge in [0, 0.05) is 105 Å². The summed E-state index contributed by atoms with van der Waals surface area (Å²) in [5, 5.41) is 8.51. The van der Waals surface area contributed by atoms with Gasteiger partial charge >= 0.3 is 0 Å². The van der Waals surface area contributed by atoms with E-state index in [1.807, 2.05) is 0 Å². The van der Waals surface area contributed by atoms with Crippen molar-refractivity contribution in [1.29, 1.82) is 0 Å². The van der Waals surface area contributed by atoms with Crippen LogP contribution in [0.25, 0.3) is 98.9 Å². The van der Waals surface area contributed by atoms with Crippen LogP contribution in [0.1, 0.15) is 77.6 Å². The van der Waals surface area contributed by atoms with Gasteiger partial charge in [0.1, 0.15) is 44.7 Å². The summed E-state index contributed by atoms with van der Waals surface area (Å²) < 4.78 is 29.4. The molecule has 80 heavy (non-hydrogen) atoms. The monoisotopic (exact) mass is 1280 g/mol. The number of para-hydroxylation sites is 4. The molecule has 0 saturated heterocycles. The van der Waals surface area contributed by atoms with Crippen molar-refractivity contribution >= 4 is 175 Å². The van der Waals surface area contributed by atoms with Crippen molar-refractivity contribution in [1.82, 2.24) is 0 Å². The van der Waals surface area contributed by atoms with Gasteiger partial charge in [0.2, 0.25) is 0 Å². The highest BCUT2D eigenvalue weighted by Crippen LogP contribution is 2.61. The molecule has 0 unspecified atom stereocenters. The third-order valence-corrected chi connectivity index (χ3v) is 19.6. The van der Waals surface area contributed by atoms with E-state index in [0.29, 0.717) is 0 Å². The van der Waals surface area contributed by atoms with Crippen LogP contribution >= 0.6 is 52.7 Å². The number of fused-ring (bicyclic) bond motifs is 17. The Morgan fingerprint density at radius 3 is 1.29 bits per heavy atom. The van der Waals surface area contributed by atoms with Crippen molar-refractivity contribution < 1.29 is 17.7 Å². The van der Waals surface area contributed by atoms with Crippen LogP contribution in [0.5, 0.6) is 0 Å². The maximum atomic E-state index is 7.35. The lowest BCUT2D eigenvalue weighted by molar-refractivity contribution is 0.590. The van der Waals surface area contributed by atoms with Crippen LogP contribution in [0, 0.1) is 3.57 Å². The van der Waals surface area contributed by atoms with Crippen molar-refractivity contribution in [3.8, 4) is 11.1 Å². The van der Waals surface area contributed by atoms with E-state index >= 15 is 0 Å². The number of hydrogen-bond donors (Lipinski definition) is 0. The molecule has 392 valence electrons. The van der Waals surface area contributed by atoms with E-state index in [-0.39, 0.29) is 10.8 Å². The lowest BCUT2D eigenvalue weighted by Crippen LogP contribution is -2.18. The highest BCUT2D eigenvalue weighted by Gasteiger charge is 2.43. The van der Waals surface area contributed by atoms with Gasteiger partial charge in [0.05, 0.1) is 30.6 Å². The Bertz CT molecular complexity index is 4890. The van der Waals surface area contributed by atoms with Crippen molar-refractivity contribution in [2.24, 2.45) is 0 Å². The standard InChI is InChI=1S/C71H54I2N2O4S/c1-69(2,3)39-23-27-41(28-24-39)74(43-31-33-45-47-17-13-19-53(72)65(47)78-58(45)35-43)54-37-51-63(67-61(54)49-15-9-11-20-56(49)76-67)64-52(71(51,7)8)38-55(62-50-16-10-12-21-57(50)77-68(62)64)75(42-29-25-40(26-30-42)70(4,5)6)44-32-34-46-48-18-14-22-60(80-73)66(48)79-59(46)36-44/h9-38H,1-8H3. The van der Waals surface area contributed by atoms with Crippen LogP contribution in [0.2, 0.25) is 0 Å². The molecule has 0 bridgehead atoms. The molecule has 0 fully saturated rings. The number of hydrogen-bond acceptors (Lipinski definition) is 7. The minimum atomic E-state index is -0.562. The summed E-state index contributed by atoms with van der Waals surface area (Å²) in [7, 11) is 1.68. The molecule has 1 aliphatic rings. The van der Waals surface area contributed by atoms with E-state index in [1.54, 1.807) is 8.93 Å². The molecule has 0 saturated carbocycles.